The van der Waals surface area contributed by atoms with Crippen molar-refractivity contribution in [3.63, 3.8) is 0 Å². The molecule has 0 spiro atoms. The van der Waals surface area contributed by atoms with Crippen LogP contribution < -0.4 is 10.0 Å². The number of amides is 1. The molecule has 8 heteroatoms. The Balaban J connectivity index is 1.76. The van der Waals surface area contributed by atoms with Gasteiger partial charge in [0.15, 0.2) is 12.1 Å². The molecule has 0 saturated heterocycles. The van der Waals surface area contributed by atoms with Crippen LogP contribution in [-0.2, 0) is 10.0 Å². The van der Waals surface area contributed by atoms with E-state index in [1.165, 1.54) is 6.39 Å². The number of sulfonamides is 1. The molecule has 1 aromatic heterocycles. The second-order valence-electron chi connectivity index (χ2n) is 5.08. The Labute approximate surface area is 135 Å². The van der Waals surface area contributed by atoms with Crippen molar-refractivity contribution in [2.75, 3.05) is 13.1 Å². The number of aromatic nitrogens is 1. The number of carbonyl (C=O) groups is 1. The molecule has 7 nitrogen and oxygen atoms in total. The summed E-state index contributed by atoms with van der Waals surface area (Å²) < 4.78 is 31.6. The summed E-state index contributed by atoms with van der Waals surface area (Å²) in [5.74, 6) is 0.111. The standard InChI is InChI=1S/C15H19N3O4S/c1-11-4-6-13(7-5-11)23(20,21)18-9-3-8-16-15(19)14-12(2)22-10-17-14/h4-7,10,18H,3,8-9H2,1-2H3,(H,16,19). The number of nitrogens with zero attached hydrogens (tertiary/aromatic N) is 1. The molecule has 1 heterocycles. The number of hydrogen-bond donors (Lipinski definition) is 2. The quantitative estimate of drug-likeness (QED) is 0.744. The molecule has 0 aliphatic carbocycles. The van der Waals surface area contributed by atoms with Crippen LogP contribution in [0.3, 0.4) is 0 Å². The summed E-state index contributed by atoms with van der Waals surface area (Å²) >= 11 is 0. The van der Waals surface area contributed by atoms with Gasteiger partial charge in [0.25, 0.3) is 5.91 Å². The van der Waals surface area contributed by atoms with Crippen molar-refractivity contribution >= 4 is 15.9 Å². The molecule has 2 N–H and O–H groups in total. The molecule has 1 aromatic carbocycles. The molecule has 1 amide bonds. The van der Waals surface area contributed by atoms with E-state index in [-0.39, 0.29) is 23.0 Å². The maximum atomic E-state index is 12.1. The lowest BCUT2D eigenvalue weighted by Gasteiger charge is -2.07. The van der Waals surface area contributed by atoms with Crippen molar-refractivity contribution in [3.05, 3.63) is 47.7 Å². The molecule has 0 fully saturated rings. The Kier molecular flexibility index (Phi) is 5.51. The SMILES string of the molecule is Cc1ccc(S(=O)(=O)NCCCNC(=O)c2ncoc2C)cc1. The van der Waals surface area contributed by atoms with E-state index in [0.717, 1.165) is 5.56 Å². The Morgan fingerprint density at radius 3 is 2.48 bits per heavy atom. The Hall–Kier alpha value is -2.19. The summed E-state index contributed by atoms with van der Waals surface area (Å²) in [7, 11) is -3.52. The monoisotopic (exact) mass is 337 g/mol. The van der Waals surface area contributed by atoms with Gasteiger partial charge in [0, 0.05) is 13.1 Å². The van der Waals surface area contributed by atoms with Gasteiger partial charge < -0.3 is 9.73 Å². The molecule has 0 radical (unpaired) electrons. The third kappa shape index (κ3) is 4.64. The summed E-state index contributed by atoms with van der Waals surface area (Å²) in [5, 5.41) is 2.66. The summed E-state index contributed by atoms with van der Waals surface area (Å²) in [6.07, 6.45) is 1.67. The number of carbonyl (C=O) groups excluding carboxylic acids is 1. The molecular formula is C15H19N3O4S. The molecule has 0 aliphatic rings. The topological polar surface area (TPSA) is 101 Å². The van der Waals surface area contributed by atoms with Gasteiger partial charge in [0.05, 0.1) is 4.90 Å². The number of benzene rings is 1. The summed E-state index contributed by atoms with van der Waals surface area (Å²) in [6, 6.07) is 6.61. The summed E-state index contributed by atoms with van der Waals surface area (Å²) in [6.45, 7) is 4.11. The minimum atomic E-state index is -3.52. The number of oxazole rings is 1. The number of hydrogen-bond acceptors (Lipinski definition) is 5. The molecule has 2 rings (SSSR count). The van der Waals surface area contributed by atoms with Crippen molar-refractivity contribution in [1.29, 1.82) is 0 Å². The minimum absolute atomic E-state index is 0.227. The molecule has 23 heavy (non-hydrogen) atoms. The first-order valence-corrected chi connectivity index (χ1v) is 8.63. The molecule has 0 saturated carbocycles. The van der Waals surface area contributed by atoms with Crippen LogP contribution in [-0.4, -0.2) is 32.4 Å². The highest BCUT2D eigenvalue weighted by Gasteiger charge is 2.14. The second-order valence-corrected chi connectivity index (χ2v) is 6.84. The number of rotatable bonds is 7. The van der Waals surface area contributed by atoms with E-state index in [1.807, 2.05) is 6.92 Å². The molecular weight excluding hydrogens is 318 g/mol. The lowest BCUT2D eigenvalue weighted by Crippen LogP contribution is -2.30. The average Bonchev–Trinajstić information content (AvgIpc) is 2.93. The largest absolute Gasteiger partial charge is 0.448 e. The van der Waals surface area contributed by atoms with Crippen molar-refractivity contribution in [2.45, 2.75) is 25.2 Å². The van der Waals surface area contributed by atoms with Crippen LogP contribution >= 0.6 is 0 Å². The highest BCUT2D eigenvalue weighted by molar-refractivity contribution is 7.89. The lowest BCUT2D eigenvalue weighted by molar-refractivity contribution is 0.0947. The van der Waals surface area contributed by atoms with E-state index in [4.69, 9.17) is 4.42 Å². The van der Waals surface area contributed by atoms with Crippen LogP contribution in [0.1, 0.15) is 28.2 Å². The third-order valence-electron chi connectivity index (χ3n) is 3.22. The van der Waals surface area contributed by atoms with Gasteiger partial charge in [-0.15, -0.1) is 0 Å². The first kappa shape index (κ1) is 17.2. The van der Waals surface area contributed by atoms with Gasteiger partial charge in [0.1, 0.15) is 5.76 Å². The van der Waals surface area contributed by atoms with Crippen molar-refractivity contribution in [2.24, 2.45) is 0 Å². The van der Waals surface area contributed by atoms with Gasteiger partial charge in [-0.25, -0.2) is 18.1 Å². The Morgan fingerprint density at radius 1 is 1.17 bits per heavy atom. The fourth-order valence-corrected chi connectivity index (χ4v) is 2.98. The highest BCUT2D eigenvalue weighted by Crippen LogP contribution is 2.09. The first-order chi connectivity index (χ1) is 10.9. The summed E-state index contributed by atoms with van der Waals surface area (Å²) in [5.41, 5.74) is 1.24. The fraction of sp³-hybridized carbons (Fsp3) is 0.333. The van der Waals surface area contributed by atoms with Crippen LogP contribution in [0.2, 0.25) is 0 Å². The zero-order valence-electron chi connectivity index (χ0n) is 13.0. The molecule has 0 bridgehead atoms. The Bertz CT molecular complexity index is 766. The van der Waals surface area contributed by atoms with Gasteiger partial charge in [-0.2, -0.15) is 0 Å². The molecule has 0 atom stereocenters. The van der Waals surface area contributed by atoms with Crippen molar-refractivity contribution < 1.29 is 17.6 Å². The van der Waals surface area contributed by atoms with E-state index in [0.29, 0.717) is 18.7 Å². The minimum Gasteiger partial charge on any atom is -0.448 e. The van der Waals surface area contributed by atoms with E-state index < -0.39 is 10.0 Å². The maximum absolute atomic E-state index is 12.1. The van der Waals surface area contributed by atoms with Gasteiger partial charge in [0.2, 0.25) is 10.0 Å². The lowest BCUT2D eigenvalue weighted by atomic mass is 10.2. The van der Waals surface area contributed by atoms with Crippen LogP contribution in [0.15, 0.2) is 40.0 Å². The number of nitrogens with one attached hydrogen (secondary N) is 2. The van der Waals surface area contributed by atoms with Gasteiger partial charge in [-0.3, -0.25) is 4.79 Å². The van der Waals surface area contributed by atoms with E-state index in [2.05, 4.69) is 15.0 Å². The zero-order valence-corrected chi connectivity index (χ0v) is 13.8. The first-order valence-electron chi connectivity index (χ1n) is 7.15. The molecule has 2 aromatic rings. The van der Waals surface area contributed by atoms with E-state index >= 15 is 0 Å². The number of aryl methyl sites for hydroxylation is 2. The van der Waals surface area contributed by atoms with E-state index in [9.17, 15) is 13.2 Å². The van der Waals surface area contributed by atoms with Gasteiger partial charge >= 0.3 is 0 Å². The average molecular weight is 337 g/mol. The predicted molar refractivity (Wildman–Crippen MR) is 84.6 cm³/mol. The maximum Gasteiger partial charge on any atom is 0.273 e. The molecule has 0 aliphatic heterocycles. The fourth-order valence-electron chi connectivity index (χ4n) is 1.90. The van der Waals surface area contributed by atoms with Gasteiger partial charge in [-0.1, -0.05) is 17.7 Å². The highest BCUT2D eigenvalue weighted by atomic mass is 32.2. The van der Waals surface area contributed by atoms with Crippen LogP contribution in [0.4, 0.5) is 0 Å². The summed E-state index contributed by atoms with van der Waals surface area (Å²) in [4.78, 5) is 15.8. The smallest absolute Gasteiger partial charge is 0.273 e. The predicted octanol–water partition coefficient (Wildman–Crippen LogP) is 1.39. The third-order valence-corrected chi connectivity index (χ3v) is 4.70. The van der Waals surface area contributed by atoms with Crippen LogP contribution in [0, 0.1) is 13.8 Å². The molecule has 124 valence electrons. The van der Waals surface area contributed by atoms with Crippen molar-refractivity contribution in [1.82, 2.24) is 15.0 Å². The van der Waals surface area contributed by atoms with Gasteiger partial charge in [-0.05, 0) is 32.4 Å². The van der Waals surface area contributed by atoms with Crippen LogP contribution in [0.25, 0.3) is 0 Å². The van der Waals surface area contributed by atoms with Crippen LogP contribution in [0.5, 0.6) is 0 Å². The van der Waals surface area contributed by atoms with Crippen molar-refractivity contribution in [3.8, 4) is 0 Å². The zero-order chi connectivity index (χ0) is 16.9. The molecule has 0 unspecified atom stereocenters. The second kappa shape index (κ2) is 7.38. The Morgan fingerprint density at radius 2 is 1.87 bits per heavy atom. The normalized spacial score (nSPS) is 11.4. The van der Waals surface area contributed by atoms with E-state index in [1.54, 1.807) is 31.2 Å².